The molecule has 260 valence electrons. The number of rotatable bonds is 15. The Morgan fingerprint density at radius 1 is 0.837 bits per heavy atom. The zero-order valence-electron chi connectivity index (χ0n) is 28.8. The fourth-order valence-electron chi connectivity index (χ4n) is 5.55. The van der Waals surface area contributed by atoms with Crippen LogP contribution in [0.15, 0.2) is 100 Å². The van der Waals surface area contributed by atoms with Crippen molar-refractivity contribution in [3.63, 3.8) is 0 Å². The summed E-state index contributed by atoms with van der Waals surface area (Å²) in [6, 6.07) is 25.6. The Morgan fingerprint density at radius 3 is 2.10 bits per heavy atom. The summed E-state index contributed by atoms with van der Waals surface area (Å²) >= 11 is 3.52. The van der Waals surface area contributed by atoms with Crippen LogP contribution in [0.4, 0.5) is 5.69 Å². The van der Waals surface area contributed by atoms with Gasteiger partial charge in [0.2, 0.25) is 11.8 Å². The average molecular weight is 751 g/mol. The monoisotopic (exact) mass is 749 g/mol. The van der Waals surface area contributed by atoms with Gasteiger partial charge in [0.15, 0.2) is 11.5 Å². The first-order valence-corrected chi connectivity index (χ1v) is 18.3. The van der Waals surface area contributed by atoms with Crippen molar-refractivity contribution >= 4 is 43.5 Å². The molecular weight excluding hydrogens is 706 g/mol. The van der Waals surface area contributed by atoms with Crippen LogP contribution in [-0.4, -0.2) is 58.0 Å². The van der Waals surface area contributed by atoms with Crippen LogP contribution in [0.5, 0.6) is 11.5 Å². The molecule has 4 rings (SSSR count). The first-order valence-electron chi connectivity index (χ1n) is 16.1. The van der Waals surface area contributed by atoms with E-state index >= 15 is 0 Å². The molecule has 0 aliphatic heterocycles. The van der Waals surface area contributed by atoms with Crippen molar-refractivity contribution in [2.45, 2.75) is 64.1 Å². The van der Waals surface area contributed by atoms with Crippen LogP contribution >= 0.6 is 15.9 Å². The molecule has 1 N–H and O–H groups in total. The first-order chi connectivity index (χ1) is 23.4. The van der Waals surface area contributed by atoms with Gasteiger partial charge < -0.3 is 19.7 Å². The number of benzene rings is 4. The Morgan fingerprint density at radius 2 is 1.49 bits per heavy atom. The van der Waals surface area contributed by atoms with Crippen LogP contribution < -0.4 is 19.1 Å². The highest BCUT2D eigenvalue weighted by Crippen LogP contribution is 2.33. The SMILES string of the molecule is CC[C@@H](C)NC(=O)[C@@H](Cc1ccccc1)N(Cc1cccc(Br)c1)C(=O)CN(c1cc(C)cc(C)c1)S(=O)(=O)c1ccc(OC)c(OC)c1. The van der Waals surface area contributed by atoms with E-state index in [2.05, 4.69) is 21.2 Å². The summed E-state index contributed by atoms with van der Waals surface area (Å²) in [5, 5.41) is 3.06. The second-order valence-electron chi connectivity index (χ2n) is 12.0. The van der Waals surface area contributed by atoms with Crippen molar-refractivity contribution in [3.05, 3.63) is 118 Å². The zero-order chi connectivity index (χ0) is 35.7. The van der Waals surface area contributed by atoms with E-state index in [-0.39, 0.29) is 35.6 Å². The summed E-state index contributed by atoms with van der Waals surface area (Å²) in [4.78, 5) is 30.2. The van der Waals surface area contributed by atoms with Crippen molar-refractivity contribution in [2.24, 2.45) is 0 Å². The number of nitrogens with one attached hydrogen (secondary N) is 1. The van der Waals surface area contributed by atoms with Gasteiger partial charge in [-0.1, -0.05) is 71.4 Å². The zero-order valence-corrected chi connectivity index (χ0v) is 31.2. The molecule has 0 fully saturated rings. The molecule has 0 saturated carbocycles. The number of nitrogens with zero attached hydrogens (tertiary/aromatic N) is 2. The third kappa shape index (κ3) is 9.64. The van der Waals surface area contributed by atoms with Gasteiger partial charge in [0.1, 0.15) is 12.6 Å². The van der Waals surface area contributed by atoms with E-state index in [0.29, 0.717) is 17.9 Å². The molecular formula is C38H44BrN3O6S. The van der Waals surface area contributed by atoms with Crippen molar-refractivity contribution in [1.29, 1.82) is 0 Å². The van der Waals surface area contributed by atoms with Gasteiger partial charge >= 0.3 is 0 Å². The molecule has 2 atom stereocenters. The van der Waals surface area contributed by atoms with Gasteiger partial charge in [0, 0.05) is 29.5 Å². The highest BCUT2D eigenvalue weighted by molar-refractivity contribution is 9.10. The van der Waals surface area contributed by atoms with E-state index in [0.717, 1.165) is 31.0 Å². The summed E-state index contributed by atoms with van der Waals surface area (Å²) in [7, 11) is -1.44. The predicted octanol–water partition coefficient (Wildman–Crippen LogP) is 6.83. The summed E-state index contributed by atoms with van der Waals surface area (Å²) < 4.78 is 41.7. The lowest BCUT2D eigenvalue weighted by Crippen LogP contribution is -2.54. The van der Waals surface area contributed by atoms with E-state index in [1.807, 2.05) is 88.4 Å². The van der Waals surface area contributed by atoms with Crippen LogP contribution in [0.3, 0.4) is 0 Å². The number of ether oxygens (including phenoxy) is 2. The quantitative estimate of drug-likeness (QED) is 0.143. The topological polar surface area (TPSA) is 105 Å². The molecule has 49 heavy (non-hydrogen) atoms. The van der Waals surface area contributed by atoms with E-state index in [4.69, 9.17) is 9.47 Å². The number of aryl methyl sites for hydroxylation is 2. The Labute approximate surface area is 298 Å². The van der Waals surface area contributed by atoms with Gasteiger partial charge in [-0.15, -0.1) is 0 Å². The molecule has 4 aromatic rings. The summed E-state index contributed by atoms with van der Waals surface area (Å²) in [6.45, 7) is 7.14. The van der Waals surface area contributed by atoms with Gasteiger partial charge in [-0.3, -0.25) is 13.9 Å². The number of halogens is 1. The van der Waals surface area contributed by atoms with E-state index in [1.165, 1.54) is 37.3 Å². The van der Waals surface area contributed by atoms with Gasteiger partial charge in [-0.05, 0) is 85.8 Å². The van der Waals surface area contributed by atoms with Crippen LogP contribution in [-0.2, 0) is 32.6 Å². The molecule has 0 spiro atoms. The molecule has 0 aliphatic carbocycles. The van der Waals surface area contributed by atoms with Crippen molar-refractivity contribution in [3.8, 4) is 11.5 Å². The number of sulfonamides is 1. The minimum atomic E-state index is -4.34. The molecule has 0 radical (unpaired) electrons. The fraction of sp³-hybridized carbons (Fsp3) is 0.316. The van der Waals surface area contributed by atoms with Crippen LogP contribution in [0, 0.1) is 13.8 Å². The molecule has 0 aromatic heterocycles. The summed E-state index contributed by atoms with van der Waals surface area (Å²) in [6.07, 6.45) is 0.933. The van der Waals surface area contributed by atoms with Crippen molar-refractivity contribution in [2.75, 3.05) is 25.1 Å². The number of hydrogen-bond donors (Lipinski definition) is 1. The van der Waals surface area contributed by atoms with E-state index in [9.17, 15) is 18.0 Å². The largest absolute Gasteiger partial charge is 0.493 e. The third-order valence-electron chi connectivity index (χ3n) is 8.23. The van der Waals surface area contributed by atoms with Crippen LogP contribution in [0.25, 0.3) is 0 Å². The normalized spacial score (nSPS) is 12.5. The maximum absolute atomic E-state index is 14.8. The number of amides is 2. The first kappa shape index (κ1) is 37.5. The van der Waals surface area contributed by atoms with E-state index < -0.39 is 28.5 Å². The average Bonchev–Trinajstić information content (AvgIpc) is 3.08. The van der Waals surface area contributed by atoms with Gasteiger partial charge in [-0.2, -0.15) is 0 Å². The molecule has 2 amide bonds. The highest BCUT2D eigenvalue weighted by atomic mass is 79.9. The number of carbonyl (C=O) groups excluding carboxylic acids is 2. The Hall–Kier alpha value is -4.35. The Bertz CT molecular complexity index is 1850. The highest BCUT2D eigenvalue weighted by Gasteiger charge is 2.35. The molecule has 9 nitrogen and oxygen atoms in total. The van der Waals surface area contributed by atoms with Crippen LogP contribution in [0.1, 0.15) is 42.5 Å². The molecule has 0 unspecified atom stereocenters. The van der Waals surface area contributed by atoms with Gasteiger partial charge in [0.25, 0.3) is 10.0 Å². The number of carbonyl (C=O) groups is 2. The third-order valence-corrected chi connectivity index (χ3v) is 10.5. The van der Waals surface area contributed by atoms with Gasteiger partial charge in [-0.25, -0.2) is 8.42 Å². The molecule has 0 heterocycles. The van der Waals surface area contributed by atoms with Gasteiger partial charge in [0.05, 0.1) is 24.8 Å². The minimum Gasteiger partial charge on any atom is -0.493 e. The summed E-state index contributed by atoms with van der Waals surface area (Å²) in [5.41, 5.74) is 3.62. The second kappa shape index (κ2) is 16.8. The lowest BCUT2D eigenvalue weighted by Gasteiger charge is -2.34. The Kier molecular flexibility index (Phi) is 12.9. The standard InChI is InChI=1S/C38H44BrN3O6S/c1-7-28(4)40-38(44)34(22-29-12-9-8-10-13-29)41(24-30-14-11-15-31(39)21-30)37(43)25-42(32-19-26(2)18-27(3)20-32)49(45,46)33-16-17-35(47-5)36(23-33)48-6/h8-21,23,28,34H,7,22,24-25H2,1-6H3,(H,40,44)/t28-,34-/m1/s1. The smallest absolute Gasteiger partial charge is 0.264 e. The maximum atomic E-state index is 14.8. The van der Waals surface area contributed by atoms with E-state index in [1.54, 1.807) is 12.1 Å². The number of hydrogen-bond acceptors (Lipinski definition) is 6. The predicted molar refractivity (Wildman–Crippen MR) is 197 cm³/mol. The molecule has 0 aliphatic rings. The minimum absolute atomic E-state index is 0.0702. The molecule has 0 bridgehead atoms. The second-order valence-corrected chi connectivity index (χ2v) is 14.8. The maximum Gasteiger partial charge on any atom is 0.264 e. The molecule has 0 saturated heterocycles. The van der Waals surface area contributed by atoms with Crippen molar-refractivity contribution in [1.82, 2.24) is 10.2 Å². The molecule has 11 heteroatoms. The number of anilines is 1. The number of methoxy groups -OCH3 is 2. The Balaban J connectivity index is 1.86. The van der Waals surface area contributed by atoms with Crippen LogP contribution in [0.2, 0.25) is 0 Å². The molecule has 4 aromatic carbocycles. The summed E-state index contributed by atoms with van der Waals surface area (Å²) in [5.74, 6) is -0.256. The fourth-order valence-corrected chi connectivity index (χ4v) is 7.42. The lowest BCUT2D eigenvalue weighted by atomic mass is 10.0. The lowest BCUT2D eigenvalue weighted by molar-refractivity contribution is -0.140. The van der Waals surface area contributed by atoms with Crippen molar-refractivity contribution < 1.29 is 27.5 Å².